The van der Waals surface area contributed by atoms with Gasteiger partial charge in [-0.15, -0.1) is 0 Å². The van der Waals surface area contributed by atoms with E-state index in [9.17, 15) is 9.18 Å². The van der Waals surface area contributed by atoms with Crippen LogP contribution in [-0.4, -0.2) is 21.3 Å². The first-order valence-corrected chi connectivity index (χ1v) is 5.36. The van der Waals surface area contributed by atoms with Gasteiger partial charge in [0.15, 0.2) is 0 Å². The Kier molecular flexibility index (Phi) is 3.27. The number of benzene rings is 1. The number of carboxylic acids is 1. The molecule has 0 aliphatic heterocycles. The van der Waals surface area contributed by atoms with Gasteiger partial charge in [-0.2, -0.15) is 5.10 Å². The second kappa shape index (κ2) is 4.87. The predicted molar refractivity (Wildman–Crippen MR) is 64.0 cm³/mol. The third kappa shape index (κ3) is 2.48. The Morgan fingerprint density at radius 2 is 2.28 bits per heavy atom. The van der Waals surface area contributed by atoms with Crippen molar-refractivity contribution in [2.24, 2.45) is 0 Å². The number of carbonyl (C=O) groups is 1. The zero-order valence-electron chi connectivity index (χ0n) is 9.64. The molecule has 0 saturated carbocycles. The molecule has 18 heavy (non-hydrogen) atoms. The number of aromatic amines is 1. The molecule has 1 atom stereocenters. The van der Waals surface area contributed by atoms with Crippen LogP contribution in [-0.2, 0) is 0 Å². The maximum Gasteiger partial charge on any atom is 0.338 e. The van der Waals surface area contributed by atoms with Crippen LogP contribution in [0, 0.1) is 5.82 Å². The van der Waals surface area contributed by atoms with Crippen LogP contribution in [0.3, 0.4) is 0 Å². The minimum atomic E-state index is -1.29. The molecule has 2 rings (SSSR count). The number of H-pyrrole nitrogens is 1. The van der Waals surface area contributed by atoms with Crippen LogP contribution < -0.4 is 5.32 Å². The summed E-state index contributed by atoms with van der Waals surface area (Å²) >= 11 is 0. The summed E-state index contributed by atoms with van der Waals surface area (Å²) < 4.78 is 13.2. The average molecular weight is 249 g/mol. The zero-order valence-corrected chi connectivity index (χ0v) is 9.64. The SMILES string of the molecule is CC(Nc1ccc(F)c(C(=O)O)c1)c1ccn[nH]1. The highest BCUT2D eigenvalue weighted by Crippen LogP contribution is 2.20. The van der Waals surface area contributed by atoms with E-state index in [0.717, 1.165) is 11.8 Å². The highest BCUT2D eigenvalue weighted by molar-refractivity contribution is 5.89. The summed E-state index contributed by atoms with van der Waals surface area (Å²) in [5, 5.41) is 18.5. The molecular formula is C12H12FN3O2. The van der Waals surface area contributed by atoms with Crippen molar-refractivity contribution in [1.82, 2.24) is 10.2 Å². The van der Waals surface area contributed by atoms with Crippen molar-refractivity contribution in [2.45, 2.75) is 13.0 Å². The monoisotopic (exact) mass is 249 g/mol. The summed E-state index contributed by atoms with van der Waals surface area (Å²) in [5.41, 5.74) is 1.05. The second-order valence-electron chi connectivity index (χ2n) is 3.88. The molecule has 0 fully saturated rings. The smallest absolute Gasteiger partial charge is 0.338 e. The number of halogens is 1. The molecule has 0 aliphatic carbocycles. The first-order chi connectivity index (χ1) is 8.58. The topological polar surface area (TPSA) is 78.0 Å². The Bertz CT molecular complexity index is 554. The first kappa shape index (κ1) is 12.1. The van der Waals surface area contributed by atoms with Crippen molar-refractivity contribution < 1.29 is 14.3 Å². The molecule has 0 amide bonds. The number of aromatic nitrogens is 2. The lowest BCUT2D eigenvalue weighted by molar-refractivity contribution is 0.0692. The van der Waals surface area contributed by atoms with Crippen LogP contribution in [0.1, 0.15) is 29.0 Å². The van der Waals surface area contributed by atoms with Gasteiger partial charge in [0.25, 0.3) is 0 Å². The standard InChI is InChI=1S/C12H12FN3O2/c1-7(11-4-5-14-16-11)15-8-2-3-10(13)9(6-8)12(17)18/h2-7,15H,1H3,(H,14,16)(H,17,18). The maximum absolute atomic E-state index is 13.2. The van der Waals surface area contributed by atoms with E-state index in [1.54, 1.807) is 12.3 Å². The third-order valence-electron chi connectivity index (χ3n) is 2.57. The molecule has 94 valence electrons. The number of hydrogen-bond acceptors (Lipinski definition) is 3. The summed E-state index contributed by atoms with van der Waals surface area (Å²) in [7, 11) is 0. The average Bonchev–Trinajstić information content (AvgIpc) is 2.85. The fourth-order valence-corrected chi connectivity index (χ4v) is 1.61. The van der Waals surface area contributed by atoms with Gasteiger partial charge in [-0.3, -0.25) is 5.10 Å². The van der Waals surface area contributed by atoms with Crippen LogP contribution in [0.15, 0.2) is 30.5 Å². The van der Waals surface area contributed by atoms with E-state index in [-0.39, 0.29) is 11.6 Å². The zero-order chi connectivity index (χ0) is 13.1. The van der Waals surface area contributed by atoms with Crippen LogP contribution in [0.2, 0.25) is 0 Å². The van der Waals surface area contributed by atoms with Gasteiger partial charge in [0.05, 0.1) is 17.3 Å². The Balaban J connectivity index is 2.20. The third-order valence-corrected chi connectivity index (χ3v) is 2.57. The van der Waals surface area contributed by atoms with E-state index < -0.39 is 11.8 Å². The van der Waals surface area contributed by atoms with Gasteiger partial charge in [0, 0.05) is 11.9 Å². The molecule has 1 aromatic heterocycles. The number of rotatable bonds is 4. The van der Waals surface area contributed by atoms with E-state index in [1.807, 2.05) is 6.92 Å². The van der Waals surface area contributed by atoms with Crippen LogP contribution >= 0.6 is 0 Å². The molecule has 0 saturated heterocycles. The van der Waals surface area contributed by atoms with Crippen molar-refractivity contribution in [3.8, 4) is 0 Å². The van der Waals surface area contributed by atoms with Crippen LogP contribution in [0.25, 0.3) is 0 Å². The first-order valence-electron chi connectivity index (χ1n) is 5.36. The molecule has 0 radical (unpaired) electrons. The van der Waals surface area contributed by atoms with Crippen LogP contribution in [0.4, 0.5) is 10.1 Å². The lowest BCUT2D eigenvalue weighted by Crippen LogP contribution is -2.09. The number of hydrogen-bond donors (Lipinski definition) is 3. The molecule has 1 heterocycles. The number of nitrogens with zero attached hydrogens (tertiary/aromatic N) is 1. The maximum atomic E-state index is 13.2. The highest BCUT2D eigenvalue weighted by atomic mass is 19.1. The Morgan fingerprint density at radius 3 is 2.89 bits per heavy atom. The summed E-state index contributed by atoms with van der Waals surface area (Å²) in [6.07, 6.45) is 1.63. The Morgan fingerprint density at radius 1 is 1.50 bits per heavy atom. The summed E-state index contributed by atoms with van der Waals surface area (Å²) in [6, 6.07) is 5.61. The number of nitrogens with one attached hydrogen (secondary N) is 2. The fourth-order valence-electron chi connectivity index (χ4n) is 1.61. The molecule has 5 nitrogen and oxygen atoms in total. The normalized spacial score (nSPS) is 12.1. The molecule has 6 heteroatoms. The second-order valence-corrected chi connectivity index (χ2v) is 3.88. The minimum absolute atomic E-state index is 0.0837. The lowest BCUT2D eigenvalue weighted by atomic mass is 10.1. The highest BCUT2D eigenvalue weighted by Gasteiger charge is 2.12. The van der Waals surface area contributed by atoms with Gasteiger partial charge in [-0.05, 0) is 31.2 Å². The van der Waals surface area contributed by atoms with Gasteiger partial charge in [-0.25, -0.2) is 9.18 Å². The Labute approximate surface area is 103 Å². The molecule has 3 N–H and O–H groups in total. The lowest BCUT2D eigenvalue weighted by Gasteiger charge is -2.14. The van der Waals surface area contributed by atoms with Gasteiger partial charge in [0.1, 0.15) is 5.82 Å². The van der Waals surface area contributed by atoms with Gasteiger partial charge in [-0.1, -0.05) is 0 Å². The van der Waals surface area contributed by atoms with Crippen molar-refractivity contribution in [2.75, 3.05) is 5.32 Å². The van der Waals surface area contributed by atoms with E-state index in [1.165, 1.54) is 12.1 Å². The molecule has 1 unspecified atom stereocenters. The van der Waals surface area contributed by atoms with Gasteiger partial charge >= 0.3 is 5.97 Å². The molecule has 1 aromatic carbocycles. The van der Waals surface area contributed by atoms with Crippen molar-refractivity contribution in [1.29, 1.82) is 0 Å². The summed E-state index contributed by atoms with van der Waals surface area (Å²) in [6.45, 7) is 1.89. The van der Waals surface area contributed by atoms with E-state index >= 15 is 0 Å². The number of aromatic carboxylic acids is 1. The summed E-state index contributed by atoms with van der Waals surface area (Å²) in [5.74, 6) is -2.03. The largest absolute Gasteiger partial charge is 0.478 e. The van der Waals surface area contributed by atoms with Crippen LogP contribution in [0.5, 0.6) is 0 Å². The Hall–Kier alpha value is -2.37. The van der Waals surface area contributed by atoms with Gasteiger partial charge in [0.2, 0.25) is 0 Å². The van der Waals surface area contributed by atoms with E-state index in [2.05, 4.69) is 15.5 Å². The predicted octanol–water partition coefficient (Wildman–Crippen LogP) is 2.42. The van der Waals surface area contributed by atoms with Crippen molar-refractivity contribution >= 4 is 11.7 Å². The molecule has 0 bridgehead atoms. The quantitative estimate of drug-likeness (QED) is 0.777. The minimum Gasteiger partial charge on any atom is -0.478 e. The summed E-state index contributed by atoms with van der Waals surface area (Å²) in [4.78, 5) is 10.8. The molecule has 0 aliphatic rings. The number of carboxylic acid groups (broad SMARTS) is 1. The number of anilines is 1. The van der Waals surface area contributed by atoms with Gasteiger partial charge < -0.3 is 10.4 Å². The van der Waals surface area contributed by atoms with E-state index in [4.69, 9.17) is 5.11 Å². The molecule has 2 aromatic rings. The van der Waals surface area contributed by atoms with Crippen molar-refractivity contribution in [3.63, 3.8) is 0 Å². The van der Waals surface area contributed by atoms with E-state index in [0.29, 0.717) is 5.69 Å². The molecule has 0 spiro atoms. The van der Waals surface area contributed by atoms with Crippen molar-refractivity contribution in [3.05, 3.63) is 47.5 Å². The fraction of sp³-hybridized carbons (Fsp3) is 0.167. The molecular weight excluding hydrogens is 237 g/mol.